The van der Waals surface area contributed by atoms with Crippen LogP contribution in [0.3, 0.4) is 0 Å². The summed E-state index contributed by atoms with van der Waals surface area (Å²) < 4.78 is 13.2. The lowest BCUT2D eigenvalue weighted by Crippen LogP contribution is -2.38. The molecule has 2 amide bonds. The van der Waals surface area contributed by atoms with Gasteiger partial charge in [-0.1, -0.05) is 0 Å². The molecule has 0 aliphatic carbocycles. The minimum Gasteiger partial charge on any atom is -0.274 e. The van der Waals surface area contributed by atoms with Crippen LogP contribution in [0, 0.1) is 0 Å². The third kappa shape index (κ3) is 2.61. The van der Waals surface area contributed by atoms with Gasteiger partial charge in [0.05, 0.1) is 0 Å². The van der Waals surface area contributed by atoms with Gasteiger partial charge in [-0.15, -0.1) is 0 Å². The summed E-state index contributed by atoms with van der Waals surface area (Å²) in [4.78, 5) is 21.4. The van der Waals surface area contributed by atoms with Crippen LogP contribution in [0.25, 0.3) is 0 Å². The van der Waals surface area contributed by atoms with Crippen molar-refractivity contribution in [2.24, 2.45) is 0 Å². The van der Waals surface area contributed by atoms with E-state index in [1.165, 1.54) is 27.9 Å². The van der Waals surface area contributed by atoms with Crippen LogP contribution in [0.5, 0.6) is 0 Å². The van der Waals surface area contributed by atoms with Crippen LogP contribution in [-0.2, 0) is 20.8 Å². The molecule has 0 radical (unpaired) electrons. The van der Waals surface area contributed by atoms with Gasteiger partial charge in [0.15, 0.2) is 0 Å². The largest absolute Gasteiger partial charge is 0.274 e. The quantitative estimate of drug-likeness (QED) is 0.594. The summed E-state index contributed by atoms with van der Waals surface area (Å²) in [6, 6.07) is 0. The molecule has 0 aromatic carbocycles. The summed E-state index contributed by atoms with van der Waals surface area (Å²) in [6.07, 6.45) is 0. The first-order valence-electron chi connectivity index (χ1n) is 3.28. The van der Waals surface area contributed by atoms with Gasteiger partial charge >= 0.3 is 0 Å². The first-order chi connectivity index (χ1) is 5.37. The van der Waals surface area contributed by atoms with Gasteiger partial charge in [0.1, 0.15) is 0 Å². The third-order valence-electron chi connectivity index (χ3n) is 1.36. The van der Waals surface area contributed by atoms with Crippen LogP contribution in [0.15, 0.2) is 0 Å². The second-order valence-corrected chi connectivity index (χ2v) is 3.82. The van der Waals surface area contributed by atoms with E-state index in [1.54, 1.807) is 0 Å². The standard InChI is InChI=1S/C6H12N2O3S/c1-5(9)7(3)12(11)8(4)6(2)10/h1-4H3. The molecule has 12 heavy (non-hydrogen) atoms. The fourth-order valence-corrected chi connectivity index (χ4v) is 1.21. The van der Waals surface area contributed by atoms with Crippen molar-refractivity contribution < 1.29 is 13.8 Å². The van der Waals surface area contributed by atoms with Crippen molar-refractivity contribution >= 4 is 23.0 Å². The molecule has 0 aliphatic heterocycles. The molecule has 0 aromatic heterocycles. The molecule has 0 saturated carbocycles. The van der Waals surface area contributed by atoms with E-state index in [1.807, 2.05) is 0 Å². The van der Waals surface area contributed by atoms with Gasteiger partial charge in [-0.3, -0.25) is 9.59 Å². The summed E-state index contributed by atoms with van der Waals surface area (Å²) in [6.45, 7) is 2.57. The number of carbonyl (C=O) groups excluding carboxylic acids is 2. The van der Waals surface area contributed by atoms with E-state index < -0.39 is 11.2 Å². The molecule has 0 unspecified atom stereocenters. The average molecular weight is 192 g/mol. The van der Waals surface area contributed by atoms with Crippen molar-refractivity contribution in [3.05, 3.63) is 0 Å². The molecule has 0 bridgehead atoms. The van der Waals surface area contributed by atoms with Crippen LogP contribution in [0.4, 0.5) is 0 Å². The Kier molecular flexibility index (Phi) is 3.88. The van der Waals surface area contributed by atoms with E-state index in [0.717, 1.165) is 8.61 Å². The van der Waals surface area contributed by atoms with E-state index in [0.29, 0.717) is 0 Å². The maximum absolute atomic E-state index is 11.2. The Hall–Kier alpha value is -0.910. The zero-order valence-corrected chi connectivity index (χ0v) is 8.34. The number of hydrogen-bond acceptors (Lipinski definition) is 3. The summed E-state index contributed by atoms with van der Waals surface area (Å²) in [5, 5.41) is 0. The van der Waals surface area contributed by atoms with E-state index in [9.17, 15) is 13.8 Å². The Bertz CT molecular complexity index is 207. The van der Waals surface area contributed by atoms with Gasteiger partial charge in [0, 0.05) is 27.9 Å². The van der Waals surface area contributed by atoms with Gasteiger partial charge in [-0.05, 0) is 0 Å². The van der Waals surface area contributed by atoms with E-state index in [-0.39, 0.29) is 11.8 Å². The minimum atomic E-state index is -1.70. The number of amides is 2. The third-order valence-corrected chi connectivity index (χ3v) is 2.81. The summed E-state index contributed by atoms with van der Waals surface area (Å²) in [7, 11) is 2.75. The molecule has 6 heteroatoms. The second-order valence-electron chi connectivity index (χ2n) is 2.26. The second kappa shape index (κ2) is 4.20. The number of carbonyl (C=O) groups is 2. The highest BCUT2D eigenvalue weighted by Gasteiger charge is 2.17. The highest BCUT2D eigenvalue weighted by Crippen LogP contribution is 1.97. The van der Waals surface area contributed by atoms with Crippen LogP contribution in [0.1, 0.15) is 13.8 Å². The van der Waals surface area contributed by atoms with Crippen LogP contribution < -0.4 is 0 Å². The Morgan fingerprint density at radius 3 is 1.42 bits per heavy atom. The molecule has 0 saturated heterocycles. The van der Waals surface area contributed by atoms with Crippen molar-refractivity contribution in [1.29, 1.82) is 0 Å². The zero-order valence-electron chi connectivity index (χ0n) is 7.53. The summed E-state index contributed by atoms with van der Waals surface area (Å²) in [5.74, 6) is -0.692. The van der Waals surface area contributed by atoms with Gasteiger partial charge in [-0.2, -0.15) is 0 Å². The lowest BCUT2D eigenvalue weighted by atomic mass is 10.7. The molecule has 0 fully saturated rings. The van der Waals surface area contributed by atoms with Gasteiger partial charge < -0.3 is 0 Å². The molecule has 0 N–H and O–H groups in total. The zero-order chi connectivity index (χ0) is 9.89. The van der Waals surface area contributed by atoms with E-state index in [4.69, 9.17) is 0 Å². The summed E-state index contributed by atoms with van der Waals surface area (Å²) in [5.41, 5.74) is 0. The molecule has 0 heterocycles. The maximum atomic E-state index is 11.2. The topological polar surface area (TPSA) is 57.7 Å². The fourth-order valence-electron chi connectivity index (χ4n) is 0.404. The molecule has 0 rings (SSSR count). The molecule has 0 spiro atoms. The maximum Gasteiger partial charge on any atom is 0.232 e. The lowest BCUT2D eigenvalue weighted by molar-refractivity contribution is -0.124. The van der Waals surface area contributed by atoms with Crippen LogP contribution in [0.2, 0.25) is 0 Å². The van der Waals surface area contributed by atoms with Gasteiger partial charge in [-0.25, -0.2) is 12.8 Å². The first-order valence-corrected chi connectivity index (χ1v) is 4.35. The summed E-state index contributed by atoms with van der Waals surface area (Å²) >= 11 is -1.70. The fraction of sp³-hybridized carbons (Fsp3) is 0.667. The van der Waals surface area contributed by atoms with Crippen molar-refractivity contribution in [2.45, 2.75) is 13.8 Å². The normalized spacial score (nSPS) is 9.75. The predicted octanol–water partition coefficient (Wildman–Crippen LogP) is -0.478. The van der Waals surface area contributed by atoms with Crippen molar-refractivity contribution in [3.63, 3.8) is 0 Å². The molecule has 0 atom stereocenters. The Balaban J connectivity index is 4.39. The molecular formula is C6H12N2O3S. The van der Waals surface area contributed by atoms with Gasteiger partial charge in [0.25, 0.3) is 0 Å². The molecule has 5 nitrogen and oxygen atoms in total. The molecular weight excluding hydrogens is 180 g/mol. The number of hydrogen-bond donors (Lipinski definition) is 0. The van der Waals surface area contributed by atoms with Gasteiger partial charge in [0.2, 0.25) is 23.0 Å². The predicted molar refractivity (Wildman–Crippen MR) is 45.0 cm³/mol. The highest BCUT2D eigenvalue weighted by molar-refractivity contribution is 7.81. The number of rotatable bonds is 2. The SMILES string of the molecule is CC(=O)N(C)S(=O)N(C)C(C)=O. The smallest absolute Gasteiger partial charge is 0.232 e. The van der Waals surface area contributed by atoms with Crippen LogP contribution in [-0.4, -0.2) is 38.7 Å². The monoisotopic (exact) mass is 192 g/mol. The van der Waals surface area contributed by atoms with Crippen molar-refractivity contribution in [1.82, 2.24) is 8.61 Å². The van der Waals surface area contributed by atoms with Crippen molar-refractivity contribution in [2.75, 3.05) is 14.1 Å². The Labute approximate surface area is 74.1 Å². The average Bonchev–Trinajstić information content (AvgIpc) is 2.00. The molecule has 70 valence electrons. The molecule has 0 aliphatic rings. The van der Waals surface area contributed by atoms with E-state index in [2.05, 4.69) is 0 Å². The van der Waals surface area contributed by atoms with Crippen molar-refractivity contribution in [3.8, 4) is 0 Å². The lowest BCUT2D eigenvalue weighted by Gasteiger charge is -2.20. The Morgan fingerprint density at radius 1 is 1.00 bits per heavy atom. The Morgan fingerprint density at radius 2 is 1.25 bits per heavy atom. The minimum absolute atomic E-state index is 0.346. The molecule has 0 aromatic rings. The number of nitrogens with zero attached hydrogens (tertiary/aromatic N) is 2. The highest BCUT2D eigenvalue weighted by atomic mass is 32.2. The first kappa shape index (κ1) is 11.1. The van der Waals surface area contributed by atoms with Crippen LogP contribution >= 0.6 is 0 Å². The van der Waals surface area contributed by atoms with E-state index >= 15 is 0 Å².